The molecule has 2 nitrogen and oxygen atoms in total. The molecule has 0 aliphatic heterocycles. The summed E-state index contributed by atoms with van der Waals surface area (Å²) in [6, 6.07) is 8.57. The molecule has 21 heavy (non-hydrogen) atoms. The van der Waals surface area contributed by atoms with Crippen molar-refractivity contribution in [2.45, 2.75) is 51.1 Å². The molecule has 1 saturated carbocycles. The van der Waals surface area contributed by atoms with E-state index >= 15 is 0 Å². The normalized spacial score (nSPS) is 16.8. The number of nitrogens with one attached hydrogen (secondary N) is 1. The van der Waals surface area contributed by atoms with Crippen LogP contribution in [0, 0.1) is 0 Å². The lowest BCUT2D eigenvalue weighted by atomic mass is 10.1. The summed E-state index contributed by atoms with van der Waals surface area (Å²) in [4.78, 5) is 4.73. The smallest absolute Gasteiger partial charge is 0.123 e. The molecule has 0 radical (unpaired) electrons. The second kappa shape index (κ2) is 7.39. The van der Waals surface area contributed by atoms with Crippen molar-refractivity contribution >= 4 is 22.9 Å². The molecular formula is C17H21ClN2S. The van der Waals surface area contributed by atoms with Crippen LogP contribution in [0.5, 0.6) is 0 Å². The summed E-state index contributed by atoms with van der Waals surface area (Å²) in [6.45, 7) is 0.884. The van der Waals surface area contributed by atoms with Crippen molar-refractivity contribution < 1.29 is 0 Å². The molecule has 0 bridgehead atoms. The second-order valence-electron chi connectivity index (χ2n) is 5.72. The highest BCUT2D eigenvalue weighted by Crippen LogP contribution is 2.25. The summed E-state index contributed by atoms with van der Waals surface area (Å²) in [7, 11) is 0. The number of hydrogen-bond acceptors (Lipinski definition) is 3. The first kappa shape index (κ1) is 15.0. The molecule has 0 amide bonds. The molecule has 1 aliphatic rings. The summed E-state index contributed by atoms with van der Waals surface area (Å²) in [5, 5.41) is 7.68. The Morgan fingerprint density at radius 1 is 1.10 bits per heavy atom. The third-order valence-electron chi connectivity index (χ3n) is 4.07. The van der Waals surface area contributed by atoms with Gasteiger partial charge in [-0.3, -0.25) is 0 Å². The van der Waals surface area contributed by atoms with Gasteiger partial charge in [0.1, 0.15) is 5.01 Å². The second-order valence-corrected chi connectivity index (χ2v) is 7.01. The monoisotopic (exact) mass is 320 g/mol. The Kier molecular flexibility index (Phi) is 5.28. The first-order valence-electron chi connectivity index (χ1n) is 7.75. The zero-order valence-electron chi connectivity index (χ0n) is 12.1. The fourth-order valence-corrected chi connectivity index (χ4v) is 3.80. The fourth-order valence-electron chi connectivity index (χ4n) is 2.85. The van der Waals surface area contributed by atoms with E-state index < -0.39 is 0 Å². The predicted molar refractivity (Wildman–Crippen MR) is 90.9 cm³/mol. The molecule has 1 aromatic carbocycles. The van der Waals surface area contributed by atoms with Crippen molar-refractivity contribution in [1.29, 1.82) is 0 Å². The molecule has 112 valence electrons. The van der Waals surface area contributed by atoms with Crippen LogP contribution < -0.4 is 5.32 Å². The highest BCUT2D eigenvalue weighted by molar-refractivity contribution is 7.13. The Hall–Kier alpha value is -0.900. The van der Waals surface area contributed by atoms with Gasteiger partial charge in [0.25, 0.3) is 0 Å². The van der Waals surface area contributed by atoms with Crippen LogP contribution in [0.4, 0.5) is 0 Å². The van der Waals surface area contributed by atoms with Gasteiger partial charge in [0.15, 0.2) is 0 Å². The number of thiazole rings is 1. The predicted octanol–water partition coefficient (Wildman–Crippen LogP) is 5.28. The fraction of sp³-hybridized carbons (Fsp3) is 0.471. The van der Waals surface area contributed by atoms with Gasteiger partial charge in [-0.2, -0.15) is 0 Å². The van der Waals surface area contributed by atoms with Crippen molar-refractivity contribution in [3.8, 4) is 10.6 Å². The Bertz CT molecular complexity index is 556. The van der Waals surface area contributed by atoms with E-state index in [-0.39, 0.29) is 0 Å². The summed E-state index contributed by atoms with van der Waals surface area (Å²) >= 11 is 7.63. The standard InChI is InChI=1S/C17H21ClN2S/c18-14-9-7-13(8-10-14)17-20-16(12-21-17)11-19-15-5-3-1-2-4-6-15/h7-10,12,15,19H,1-6,11H2. The number of hydrogen-bond donors (Lipinski definition) is 1. The van der Waals surface area contributed by atoms with Crippen LogP contribution in [0.3, 0.4) is 0 Å². The van der Waals surface area contributed by atoms with E-state index in [0.717, 1.165) is 27.8 Å². The van der Waals surface area contributed by atoms with Crippen LogP contribution in [0.25, 0.3) is 10.6 Å². The molecular weight excluding hydrogens is 300 g/mol. The van der Waals surface area contributed by atoms with E-state index in [0.29, 0.717) is 6.04 Å². The molecule has 4 heteroatoms. The zero-order valence-corrected chi connectivity index (χ0v) is 13.7. The van der Waals surface area contributed by atoms with Gasteiger partial charge in [-0.1, -0.05) is 49.4 Å². The van der Waals surface area contributed by atoms with Gasteiger partial charge in [-0.15, -0.1) is 11.3 Å². The minimum atomic E-state index is 0.674. The molecule has 0 atom stereocenters. The number of benzene rings is 1. The third kappa shape index (κ3) is 4.29. The average Bonchev–Trinajstić information content (AvgIpc) is 2.81. The van der Waals surface area contributed by atoms with Crippen LogP contribution in [0.2, 0.25) is 5.02 Å². The largest absolute Gasteiger partial charge is 0.308 e. The molecule has 1 aromatic heterocycles. The quantitative estimate of drug-likeness (QED) is 0.776. The maximum Gasteiger partial charge on any atom is 0.123 e. The first-order valence-corrected chi connectivity index (χ1v) is 9.01. The van der Waals surface area contributed by atoms with E-state index in [1.54, 1.807) is 11.3 Å². The SMILES string of the molecule is Clc1ccc(-c2nc(CNC3CCCCCC3)cs2)cc1. The lowest BCUT2D eigenvalue weighted by Gasteiger charge is -2.14. The molecule has 1 heterocycles. The van der Waals surface area contributed by atoms with Gasteiger partial charge < -0.3 is 5.32 Å². The lowest BCUT2D eigenvalue weighted by molar-refractivity contribution is 0.457. The van der Waals surface area contributed by atoms with E-state index in [9.17, 15) is 0 Å². The maximum atomic E-state index is 5.93. The first-order chi connectivity index (χ1) is 10.3. The average molecular weight is 321 g/mol. The van der Waals surface area contributed by atoms with Crippen LogP contribution >= 0.6 is 22.9 Å². The summed E-state index contributed by atoms with van der Waals surface area (Å²) < 4.78 is 0. The Labute approximate surface area is 135 Å². The van der Waals surface area contributed by atoms with Gasteiger partial charge in [0, 0.05) is 28.6 Å². The van der Waals surface area contributed by atoms with Crippen LogP contribution in [-0.2, 0) is 6.54 Å². The topological polar surface area (TPSA) is 24.9 Å². The molecule has 0 saturated heterocycles. The van der Waals surface area contributed by atoms with Gasteiger partial charge in [0.2, 0.25) is 0 Å². The van der Waals surface area contributed by atoms with Gasteiger partial charge in [-0.25, -0.2) is 4.98 Å². The van der Waals surface area contributed by atoms with Gasteiger partial charge in [0.05, 0.1) is 5.69 Å². The van der Waals surface area contributed by atoms with Crippen molar-refractivity contribution in [3.63, 3.8) is 0 Å². The van der Waals surface area contributed by atoms with Crippen molar-refractivity contribution in [3.05, 3.63) is 40.4 Å². The lowest BCUT2D eigenvalue weighted by Crippen LogP contribution is -2.27. The van der Waals surface area contributed by atoms with E-state index in [2.05, 4.69) is 10.7 Å². The number of aromatic nitrogens is 1. The van der Waals surface area contributed by atoms with Crippen LogP contribution in [-0.4, -0.2) is 11.0 Å². The van der Waals surface area contributed by atoms with Crippen molar-refractivity contribution in [2.24, 2.45) is 0 Å². The molecule has 3 rings (SSSR count). The van der Waals surface area contributed by atoms with Crippen LogP contribution in [0.15, 0.2) is 29.6 Å². The number of nitrogens with zero attached hydrogens (tertiary/aromatic N) is 1. The Balaban J connectivity index is 1.58. The van der Waals surface area contributed by atoms with Crippen molar-refractivity contribution in [2.75, 3.05) is 0 Å². The minimum absolute atomic E-state index is 0.674. The molecule has 1 N–H and O–H groups in total. The molecule has 1 fully saturated rings. The van der Waals surface area contributed by atoms with Gasteiger partial charge in [-0.05, 0) is 25.0 Å². The Morgan fingerprint density at radius 3 is 2.52 bits per heavy atom. The molecule has 1 aliphatic carbocycles. The number of rotatable bonds is 4. The summed E-state index contributed by atoms with van der Waals surface area (Å²) in [6.07, 6.45) is 8.16. The highest BCUT2D eigenvalue weighted by atomic mass is 35.5. The zero-order chi connectivity index (χ0) is 14.5. The molecule has 0 unspecified atom stereocenters. The molecule has 0 spiro atoms. The van der Waals surface area contributed by atoms with Crippen molar-refractivity contribution in [1.82, 2.24) is 10.3 Å². The number of halogens is 1. The van der Waals surface area contributed by atoms with E-state index in [4.69, 9.17) is 16.6 Å². The van der Waals surface area contributed by atoms with Gasteiger partial charge >= 0.3 is 0 Å². The van der Waals surface area contributed by atoms with E-state index in [1.807, 2.05) is 24.3 Å². The minimum Gasteiger partial charge on any atom is -0.308 e. The molecule has 2 aromatic rings. The third-order valence-corrected chi connectivity index (χ3v) is 5.26. The van der Waals surface area contributed by atoms with Crippen LogP contribution in [0.1, 0.15) is 44.2 Å². The summed E-state index contributed by atoms with van der Waals surface area (Å²) in [5.74, 6) is 0. The summed E-state index contributed by atoms with van der Waals surface area (Å²) in [5.41, 5.74) is 2.29. The maximum absolute atomic E-state index is 5.93. The Morgan fingerprint density at radius 2 is 1.81 bits per heavy atom. The van der Waals surface area contributed by atoms with E-state index in [1.165, 1.54) is 38.5 Å². The highest BCUT2D eigenvalue weighted by Gasteiger charge is 2.12.